The molecule has 0 aliphatic carbocycles. The van der Waals surface area contributed by atoms with E-state index >= 15 is 0 Å². The van der Waals surface area contributed by atoms with E-state index in [9.17, 15) is 0 Å². The van der Waals surface area contributed by atoms with E-state index in [1.165, 1.54) is 5.57 Å². The first-order chi connectivity index (χ1) is 10.8. The van der Waals surface area contributed by atoms with Gasteiger partial charge in [0.1, 0.15) is 6.17 Å². The molecule has 0 amide bonds. The molecule has 2 aliphatic heterocycles. The van der Waals surface area contributed by atoms with Gasteiger partial charge in [0, 0.05) is 11.8 Å². The molecule has 108 valence electrons. The van der Waals surface area contributed by atoms with Crippen molar-refractivity contribution in [1.82, 2.24) is 4.90 Å². The molecule has 2 aromatic carbocycles. The van der Waals surface area contributed by atoms with Gasteiger partial charge in [-0.1, -0.05) is 48.5 Å². The maximum absolute atomic E-state index is 4.89. The maximum atomic E-state index is 4.89. The Hall–Kier alpha value is -2.81. The van der Waals surface area contributed by atoms with Crippen LogP contribution in [0.2, 0.25) is 0 Å². The second kappa shape index (κ2) is 5.19. The van der Waals surface area contributed by atoms with Gasteiger partial charge in [-0.15, -0.1) is 0 Å². The van der Waals surface area contributed by atoms with Gasteiger partial charge in [0.25, 0.3) is 0 Å². The summed E-state index contributed by atoms with van der Waals surface area (Å²) >= 11 is 0. The fourth-order valence-electron chi connectivity index (χ4n) is 2.84. The van der Waals surface area contributed by atoms with Gasteiger partial charge in [0.2, 0.25) is 0 Å². The minimum absolute atomic E-state index is 0.0996. The first-order valence-corrected chi connectivity index (χ1v) is 7.46. The highest BCUT2D eigenvalue weighted by atomic mass is 15.6. The molecule has 4 rings (SSSR count). The summed E-state index contributed by atoms with van der Waals surface area (Å²) in [6.45, 7) is 2.12. The number of hydrogen-bond acceptors (Lipinski definition) is 3. The molecule has 2 heterocycles. The van der Waals surface area contributed by atoms with E-state index < -0.39 is 0 Å². The molecule has 0 bridgehead atoms. The summed E-state index contributed by atoms with van der Waals surface area (Å²) in [6, 6.07) is 20.6. The Labute approximate surface area is 130 Å². The van der Waals surface area contributed by atoms with Gasteiger partial charge in [0.05, 0.1) is 5.69 Å². The molecule has 0 radical (unpaired) electrons. The summed E-state index contributed by atoms with van der Waals surface area (Å²) in [5.41, 5.74) is 3.48. The molecule has 3 nitrogen and oxygen atoms in total. The van der Waals surface area contributed by atoms with Crippen LogP contribution in [0.25, 0.3) is 0 Å². The predicted molar refractivity (Wildman–Crippen MR) is 90.4 cm³/mol. The topological polar surface area (TPSA) is 18.8 Å². The minimum Gasteiger partial charge on any atom is -0.305 e. The highest BCUT2D eigenvalue weighted by molar-refractivity contribution is 6.02. The third-order valence-corrected chi connectivity index (χ3v) is 3.95. The predicted octanol–water partition coefficient (Wildman–Crippen LogP) is 3.97. The molecule has 0 N–H and O–H groups in total. The van der Waals surface area contributed by atoms with Crippen LogP contribution in [0.1, 0.15) is 12.5 Å². The largest absolute Gasteiger partial charge is 0.305 e. The van der Waals surface area contributed by atoms with Crippen LogP contribution in [-0.2, 0) is 0 Å². The number of fused-ring (bicyclic) bond motifs is 1. The molecule has 1 unspecified atom stereocenters. The Bertz CT molecular complexity index is 760. The Morgan fingerprint density at radius 3 is 2.32 bits per heavy atom. The van der Waals surface area contributed by atoms with Crippen molar-refractivity contribution in [2.45, 2.75) is 13.1 Å². The number of nitrogens with zero attached hydrogens (tertiary/aromatic N) is 3. The van der Waals surface area contributed by atoms with Crippen LogP contribution < -0.4 is 5.01 Å². The Morgan fingerprint density at radius 1 is 0.909 bits per heavy atom. The smallest absolute Gasteiger partial charge is 0.162 e. The lowest BCUT2D eigenvalue weighted by atomic mass is 10.1. The van der Waals surface area contributed by atoms with Crippen molar-refractivity contribution < 1.29 is 0 Å². The number of benzene rings is 2. The quantitative estimate of drug-likeness (QED) is 0.832. The van der Waals surface area contributed by atoms with Crippen LogP contribution >= 0.6 is 0 Å². The highest BCUT2D eigenvalue weighted by Crippen LogP contribution is 2.30. The zero-order chi connectivity index (χ0) is 14.9. The number of hydrogen-bond donors (Lipinski definition) is 0. The normalized spacial score (nSPS) is 19.8. The molecule has 0 spiro atoms. The van der Waals surface area contributed by atoms with Crippen molar-refractivity contribution in [2.24, 2.45) is 5.10 Å². The van der Waals surface area contributed by atoms with Gasteiger partial charge in [0.15, 0.2) is 5.84 Å². The Morgan fingerprint density at radius 2 is 1.59 bits per heavy atom. The summed E-state index contributed by atoms with van der Waals surface area (Å²) in [5, 5.41) is 6.97. The van der Waals surface area contributed by atoms with Crippen LogP contribution in [-0.4, -0.2) is 16.9 Å². The summed E-state index contributed by atoms with van der Waals surface area (Å²) in [4.78, 5) is 2.22. The summed E-state index contributed by atoms with van der Waals surface area (Å²) < 4.78 is 0. The molecule has 2 aliphatic rings. The minimum atomic E-state index is 0.0996. The summed E-state index contributed by atoms with van der Waals surface area (Å²) in [7, 11) is 0. The number of para-hydroxylation sites is 1. The lowest BCUT2D eigenvalue weighted by molar-refractivity contribution is 0.484. The van der Waals surface area contributed by atoms with Crippen LogP contribution in [0.5, 0.6) is 0 Å². The third-order valence-electron chi connectivity index (χ3n) is 3.95. The van der Waals surface area contributed by atoms with Gasteiger partial charge < -0.3 is 4.90 Å². The number of anilines is 1. The van der Waals surface area contributed by atoms with E-state index in [4.69, 9.17) is 5.10 Å². The molecule has 0 fully saturated rings. The molecule has 3 heteroatoms. The van der Waals surface area contributed by atoms with E-state index in [0.717, 1.165) is 17.1 Å². The van der Waals surface area contributed by atoms with Crippen LogP contribution in [0, 0.1) is 0 Å². The third kappa shape index (κ3) is 2.11. The Balaban J connectivity index is 1.81. The van der Waals surface area contributed by atoms with Crippen LogP contribution in [0.4, 0.5) is 5.69 Å². The van der Waals surface area contributed by atoms with Gasteiger partial charge in [-0.05, 0) is 36.8 Å². The fraction of sp³-hybridized carbons (Fsp3) is 0.105. The van der Waals surface area contributed by atoms with E-state index in [1.54, 1.807) is 0 Å². The van der Waals surface area contributed by atoms with E-state index in [2.05, 4.69) is 59.5 Å². The summed E-state index contributed by atoms with van der Waals surface area (Å²) in [5.74, 6) is 0.981. The molecule has 22 heavy (non-hydrogen) atoms. The zero-order valence-electron chi connectivity index (χ0n) is 12.4. The van der Waals surface area contributed by atoms with Crippen molar-refractivity contribution in [3.63, 3.8) is 0 Å². The zero-order valence-corrected chi connectivity index (χ0v) is 12.4. The van der Waals surface area contributed by atoms with Crippen molar-refractivity contribution >= 4 is 11.5 Å². The number of amidine groups is 1. The van der Waals surface area contributed by atoms with Crippen LogP contribution in [0.15, 0.2) is 89.7 Å². The monoisotopic (exact) mass is 287 g/mol. The average molecular weight is 287 g/mol. The molecule has 1 atom stereocenters. The summed E-state index contributed by atoms with van der Waals surface area (Å²) in [6.07, 6.45) is 6.59. The lowest BCUT2D eigenvalue weighted by Gasteiger charge is -2.29. The molecule has 2 aromatic rings. The first kappa shape index (κ1) is 12.9. The number of rotatable bonds is 2. The van der Waals surface area contributed by atoms with Gasteiger partial charge >= 0.3 is 0 Å². The number of allylic oxidation sites excluding steroid dienone is 2. The molecule has 0 saturated carbocycles. The molecular weight excluding hydrogens is 270 g/mol. The fourth-order valence-corrected chi connectivity index (χ4v) is 2.84. The van der Waals surface area contributed by atoms with Gasteiger partial charge in [-0.2, -0.15) is 5.10 Å². The van der Waals surface area contributed by atoms with Crippen LogP contribution in [0.3, 0.4) is 0 Å². The van der Waals surface area contributed by atoms with Crippen molar-refractivity contribution in [3.8, 4) is 0 Å². The standard InChI is InChI=1S/C19H17N3/c1-15-12-13-21-18(14-15)22(17-10-6-3-7-11-17)20-19(21)16-8-4-2-5-9-16/h2-14,18H,1H3. The van der Waals surface area contributed by atoms with E-state index in [-0.39, 0.29) is 6.17 Å². The first-order valence-electron chi connectivity index (χ1n) is 7.46. The average Bonchev–Trinajstić information content (AvgIpc) is 2.95. The maximum Gasteiger partial charge on any atom is 0.162 e. The highest BCUT2D eigenvalue weighted by Gasteiger charge is 2.34. The second-order valence-corrected chi connectivity index (χ2v) is 5.52. The second-order valence-electron chi connectivity index (χ2n) is 5.52. The SMILES string of the molecule is CC1=CC2N(C=C1)C(c1ccccc1)=NN2c1ccccc1. The van der Waals surface area contributed by atoms with Crippen molar-refractivity contribution in [1.29, 1.82) is 0 Å². The molecular formula is C19H17N3. The molecule has 0 aromatic heterocycles. The molecule has 0 saturated heterocycles. The van der Waals surface area contributed by atoms with E-state index in [1.807, 2.05) is 36.4 Å². The van der Waals surface area contributed by atoms with Gasteiger partial charge in [-0.3, -0.25) is 0 Å². The van der Waals surface area contributed by atoms with Crippen molar-refractivity contribution in [3.05, 3.63) is 90.2 Å². The van der Waals surface area contributed by atoms with Gasteiger partial charge in [-0.25, -0.2) is 5.01 Å². The lowest BCUT2D eigenvalue weighted by Crippen LogP contribution is -2.39. The van der Waals surface area contributed by atoms with E-state index in [0.29, 0.717) is 0 Å². The van der Waals surface area contributed by atoms with Crippen molar-refractivity contribution in [2.75, 3.05) is 5.01 Å². The Kier molecular flexibility index (Phi) is 3.04. The number of hydrazone groups is 1.